The summed E-state index contributed by atoms with van der Waals surface area (Å²) in [6.45, 7) is 4.58. The molecule has 0 spiro atoms. The normalized spacial score (nSPS) is 23.3. The molecule has 1 fully saturated rings. The molecule has 19 heavy (non-hydrogen) atoms. The molecule has 0 aromatic carbocycles. The lowest BCUT2D eigenvalue weighted by Gasteiger charge is -2.26. The molecule has 1 amide bonds. The number of aliphatic hydroxyl groups excluding tert-OH is 1. The maximum Gasteiger partial charge on any atom is 0.222 e. The van der Waals surface area contributed by atoms with E-state index in [1.165, 1.54) is 0 Å². The van der Waals surface area contributed by atoms with E-state index in [1.807, 2.05) is 24.6 Å². The number of hydrogen-bond donors (Lipinski definition) is 2. The quantitative estimate of drug-likeness (QED) is 0.862. The van der Waals surface area contributed by atoms with Crippen molar-refractivity contribution in [3.8, 4) is 0 Å². The van der Waals surface area contributed by atoms with Crippen molar-refractivity contribution in [3.05, 3.63) is 17.5 Å². The maximum absolute atomic E-state index is 11.9. The topological polar surface area (TPSA) is 67.2 Å². The minimum absolute atomic E-state index is 0.0777. The lowest BCUT2D eigenvalue weighted by molar-refractivity contribution is -0.122. The Morgan fingerprint density at radius 3 is 2.68 bits per heavy atom. The van der Waals surface area contributed by atoms with Gasteiger partial charge in [0, 0.05) is 24.7 Å². The van der Waals surface area contributed by atoms with E-state index in [9.17, 15) is 9.90 Å². The van der Waals surface area contributed by atoms with Gasteiger partial charge in [-0.05, 0) is 45.6 Å². The molecule has 1 aromatic heterocycles. The van der Waals surface area contributed by atoms with Crippen LogP contribution in [0.3, 0.4) is 0 Å². The van der Waals surface area contributed by atoms with E-state index >= 15 is 0 Å². The lowest BCUT2D eigenvalue weighted by Crippen LogP contribution is -2.38. The summed E-state index contributed by atoms with van der Waals surface area (Å²) in [5.74, 6) is 0.0777. The number of aromatic nitrogens is 2. The highest BCUT2D eigenvalue weighted by Crippen LogP contribution is 2.18. The van der Waals surface area contributed by atoms with E-state index < -0.39 is 0 Å². The molecule has 0 bridgehead atoms. The van der Waals surface area contributed by atoms with Gasteiger partial charge in [0.25, 0.3) is 0 Å². The van der Waals surface area contributed by atoms with Crippen LogP contribution in [0.25, 0.3) is 0 Å². The van der Waals surface area contributed by atoms with Crippen molar-refractivity contribution in [1.82, 2.24) is 15.1 Å². The molecule has 0 saturated heterocycles. The third-order valence-corrected chi connectivity index (χ3v) is 3.72. The minimum atomic E-state index is -0.178. The van der Waals surface area contributed by atoms with Crippen molar-refractivity contribution in [2.45, 2.75) is 64.6 Å². The standard InChI is InChI=1S/C14H23N3O2/c1-10-9-11(2)17(16-10)8-7-14(19)15-12-3-5-13(18)6-4-12/h9,12-13,18H,3-8H2,1-2H3,(H,15,19). The van der Waals surface area contributed by atoms with Crippen molar-refractivity contribution in [2.75, 3.05) is 0 Å². The van der Waals surface area contributed by atoms with Crippen LogP contribution in [0.5, 0.6) is 0 Å². The second kappa shape index (κ2) is 6.19. The van der Waals surface area contributed by atoms with Crippen LogP contribution in [-0.2, 0) is 11.3 Å². The van der Waals surface area contributed by atoms with E-state index in [-0.39, 0.29) is 18.1 Å². The van der Waals surface area contributed by atoms with Gasteiger partial charge in [-0.3, -0.25) is 9.48 Å². The van der Waals surface area contributed by atoms with Gasteiger partial charge in [0.1, 0.15) is 0 Å². The molecular weight excluding hydrogens is 242 g/mol. The van der Waals surface area contributed by atoms with Gasteiger partial charge in [-0.25, -0.2) is 0 Å². The number of nitrogens with zero attached hydrogens (tertiary/aromatic N) is 2. The van der Waals surface area contributed by atoms with Gasteiger partial charge >= 0.3 is 0 Å². The molecular formula is C14H23N3O2. The molecule has 0 atom stereocenters. The predicted octanol–water partition coefficient (Wildman–Crippen LogP) is 1.31. The van der Waals surface area contributed by atoms with E-state index in [0.717, 1.165) is 37.1 Å². The van der Waals surface area contributed by atoms with Gasteiger partial charge in [-0.1, -0.05) is 0 Å². The molecule has 1 aliphatic carbocycles. The van der Waals surface area contributed by atoms with Gasteiger partial charge in [-0.15, -0.1) is 0 Å². The molecule has 1 aliphatic rings. The van der Waals surface area contributed by atoms with E-state index in [4.69, 9.17) is 0 Å². The monoisotopic (exact) mass is 265 g/mol. The van der Waals surface area contributed by atoms with Crippen LogP contribution in [0.15, 0.2) is 6.07 Å². The van der Waals surface area contributed by atoms with Crippen molar-refractivity contribution < 1.29 is 9.90 Å². The zero-order chi connectivity index (χ0) is 13.8. The number of carbonyl (C=O) groups excluding carboxylic acids is 1. The zero-order valence-electron chi connectivity index (χ0n) is 11.7. The average Bonchev–Trinajstić information content (AvgIpc) is 2.68. The van der Waals surface area contributed by atoms with Crippen molar-refractivity contribution in [3.63, 3.8) is 0 Å². The smallest absolute Gasteiger partial charge is 0.222 e. The SMILES string of the molecule is Cc1cc(C)n(CCC(=O)NC2CCC(O)CC2)n1. The molecule has 1 saturated carbocycles. The zero-order valence-corrected chi connectivity index (χ0v) is 11.7. The van der Waals surface area contributed by atoms with E-state index in [2.05, 4.69) is 10.4 Å². The Kier molecular flexibility index (Phi) is 4.58. The first-order valence-corrected chi connectivity index (χ1v) is 7.03. The first-order valence-electron chi connectivity index (χ1n) is 7.03. The molecule has 1 heterocycles. The summed E-state index contributed by atoms with van der Waals surface area (Å²) in [6, 6.07) is 2.25. The highest BCUT2D eigenvalue weighted by atomic mass is 16.3. The van der Waals surface area contributed by atoms with Crippen LogP contribution in [-0.4, -0.2) is 32.9 Å². The summed E-state index contributed by atoms with van der Waals surface area (Å²) in [4.78, 5) is 11.9. The highest BCUT2D eigenvalue weighted by molar-refractivity contribution is 5.76. The number of rotatable bonds is 4. The molecule has 0 radical (unpaired) electrons. The van der Waals surface area contributed by atoms with Crippen LogP contribution in [0, 0.1) is 13.8 Å². The first-order chi connectivity index (χ1) is 9.04. The Bertz CT molecular complexity index is 434. The molecule has 1 aromatic rings. The second-order valence-electron chi connectivity index (χ2n) is 5.47. The van der Waals surface area contributed by atoms with Crippen LogP contribution in [0.2, 0.25) is 0 Å². The first kappa shape index (κ1) is 14.1. The summed E-state index contributed by atoms with van der Waals surface area (Å²) in [5, 5.41) is 16.8. The van der Waals surface area contributed by atoms with Gasteiger partial charge in [0.2, 0.25) is 5.91 Å². The fraction of sp³-hybridized carbons (Fsp3) is 0.714. The Hall–Kier alpha value is -1.36. The number of carbonyl (C=O) groups is 1. The second-order valence-corrected chi connectivity index (χ2v) is 5.47. The van der Waals surface area contributed by atoms with Gasteiger partial charge < -0.3 is 10.4 Å². The average molecular weight is 265 g/mol. The number of hydrogen-bond acceptors (Lipinski definition) is 3. The number of aliphatic hydroxyl groups is 1. The molecule has 106 valence electrons. The molecule has 0 unspecified atom stereocenters. The number of nitrogens with one attached hydrogen (secondary N) is 1. The minimum Gasteiger partial charge on any atom is -0.393 e. The Balaban J connectivity index is 1.74. The number of amides is 1. The highest BCUT2D eigenvalue weighted by Gasteiger charge is 2.20. The summed E-state index contributed by atoms with van der Waals surface area (Å²) in [7, 11) is 0. The van der Waals surface area contributed by atoms with Crippen molar-refractivity contribution in [2.24, 2.45) is 0 Å². The predicted molar refractivity (Wildman–Crippen MR) is 72.7 cm³/mol. The van der Waals surface area contributed by atoms with Gasteiger partial charge in [0.05, 0.1) is 11.8 Å². The fourth-order valence-corrected chi connectivity index (χ4v) is 2.63. The van der Waals surface area contributed by atoms with Crippen LogP contribution < -0.4 is 5.32 Å². The summed E-state index contributed by atoms with van der Waals surface area (Å²) >= 11 is 0. The molecule has 0 aliphatic heterocycles. The van der Waals surface area contributed by atoms with Gasteiger partial charge in [0.15, 0.2) is 0 Å². The molecule has 2 N–H and O–H groups in total. The Morgan fingerprint density at radius 1 is 1.42 bits per heavy atom. The van der Waals surface area contributed by atoms with E-state index in [1.54, 1.807) is 0 Å². The summed E-state index contributed by atoms with van der Waals surface area (Å²) < 4.78 is 1.87. The fourth-order valence-electron chi connectivity index (χ4n) is 2.63. The van der Waals surface area contributed by atoms with Crippen LogP contribution >= 0.6 is 0 Å². The third-order valence-electron chi connectivity index (χ3n) is 3.72. The Labute approximate surface area is 114 Å². The largest absolute Gasteiger partial charge is 0.393 e. The summed E-state index contributed by atoms with van der Waals surface area (Å²) in [6.07, 6.45) is 3.63. The summed E-state index contributed by atoms with van der Waals surface area (Å²) in [5.41, 5.74) is 2.07. The lowest BCUT2D eigenvalue weighted by atomic mass is 9.93. The Morgan fingerprint density at radius 2 is 2.11 bits per heavy atom. The van der Waals surface area contributed by atoms with Crippen LogP contribution in [0.1, 0.15) is 43.5 Å². The van der Waals surface area contributed by atoms with E-state index in [0.29, 0.717) is 13.0 Å². The van der Waals surface area contributed by atoms with Crippen molar-refractivity contribution >= 4 is 5.91 Å². The van der Waals surface area contributed by atoms with Crippen LogP contribution in [0.4, 0.5) is 0 Å². The number of aryl methyl sites for hydroxylation is 3. The third kappa shape index (κ3) is 4.06. The molecule has 2 rings (SSSR count). The molecule has 5 heteroatoms. The van der Waals surface area contributed by atoms with Crippen molar-refractivity contribution in [1.29, 1.82) is 0 Å². The van der Waals surface area contributed by atoms with Gasteiger partial charge in [-0.2, -0.15) is 5.10 Å². The maximum atomic E-state index is 11.9. The molecule has 5 nitrogen and oxygen atoms in total.